The van der Waals surface area contributed by atoms with Gasteiger partial charge in [0.05, 0.1) is 17.4 Å². The van der Waals surface area contributed by atoms with Crippen LogP contribution >= 0.6 is 0 Å². The normalized spacial score (nSPS) is 19.0. The van der Waals surface area contributed by atoms with E-state index >= 15 is 0 Å². The van der Waals surface area contributed by atoms with Gasteiger partial charge in [-0.15, -0.1) is 10.2 Å². The summed E-state index contributed by atoms with van der Waals surface area (Å²) in [5, 5.41) is 7.47. The first kappa shape index (κ1) is 16.1. The number of ether oxygens (including phenoxy) is 1. The Morgan fingerprint density at radius 1 is 1.30 bits per heavy atom. The fraction of sp³-hybridized carbons (Fsp3) is 0.467. The van der Waals surface area contributed by atoms with Crippen molar-refractivity contribution in [3.63, 3.8) is 0 Å². The molecule has 0 radical (unpaired) electrons. The van der Waals surface area contributed by atoms with E-state index in [1.165, 1.54) is 17.7 Å². The smallest absolute Gasteiger partial charge is 0.249 e. The monoisotopic (exact) mass is 339 g/mol. The van der Waals surface area contributed by atoms with E-state index in [1.54, 1.807) is 18.2 Å². The molecule has 2 aromatic rings. The molecule has 8 heteroatoms. The number of hydrogen-bond acceptors (Lipinski definition) is 5. The predicted molar refractivity (Wildman–Crippen MR) is 82.0 cm³/mol. The lowest BCUT2D eigenvalue weighted by atomic mass is 10.1. The van der Waals surface area contributed by atoms with Crippen molar-refractivity contribution in [1.82, 2.24) is 14.8 Å². The van der Waals surface area contributed by atoms with Crippen LogP contribution in [0.25, 0.3) is 11.4 Å². The summed E-state index contributed by atoms with van der Waals surface area (Å²) in [6.07, 6.45) is 2.32. The second kappa shape index (κ2) is 6.37. The standard InChI is InChI=1S/C15H18FN3O3S/c1-19-14(12-7-2-3-8-13(12)16)17-18-15(19)23(20,21)10-11-6-4-5-9-22-11/h2-3,7-8,11H,4-6,9-10H2,1H3. The molecule has 1 saturated heterocycles. The van der Waals surface area contributed by atoms with Crippen molar-refractivity contribution in [2.24, 2.45) is 7.05 Å². The number of sulfone groups is 1. The number of halogens is 1. The van der Waals surface area contributed by atoms with E-state index < -0.39 is 15.7 Å². The second-order valence-electron chi connectivity index (χ2n) is 5.62. The van der Waals surface area contributed by atoms with Gasteiger partial charge in [0, 0.05) is 13.7 Å². The van der Waals surface area contributed by atoms with Gasteiger partial charge in [-0.25, -0.2) is 12.8 Å². The molecule has 1 aliphatic rings. The van der Waals surface area contributed by atoms with Crippen LogP contribution in [0.5, 0.6) is 0 Å². The predicted octanol–water partition coefficient (Wildman–Crippen LogP) is 1.96. The van der Waals surface area contributed by atoms with E-state index in [0.29, 0.717) is 6.61 Å². The zero-order valence-corrected chi connectivity index (χ0v) is 13.6. The van der Waals surface area contributed by atoms with Crippen molar-refractivity contribution < 1.29 is 17.5 Å². The molecule has 1 fully saturated rings. The van der Waals surface area contributed by atoms with Gasteiger partial charge in [0.15, 0.2) is 5.82 Å². The van der Waals surface area contributed by atoms with Crippen LogP contribution in [-0.4, -0.2) is 41.6 Å². The molecule has 0 saturated carbocycles. The molecule has 0 bridgehead atoms. The Kier molecular flexibility index (Phi) is 4.45. The molecule has 3 rings (SSSR count). The average molecular weight is 339 g/mol. The summed E-state index contributed by atoms with van der Waals surface area (Å²) in [7, 11) is -2.12. The summed E-state index contributed by atoms with van der Waals surface area (Å²) in [5.41, 5.74) is 0.220. The lowest BCUT2D eigenvalue weighted by Crippen LogP contribution is -2.28. The molecule has 0 spiro atoms. The molecular formula is C15H18FN3O3S. The maximum atomic E-state index is 13.9. The first-order valence-corrected chi connectivity index (χ1v) is 9.13. The van der Waals surface area contributed by atoms with Crippen LogP contribution in [0.4, 0.5) is 4.39 Å². The van der Waals surface area contributed by atoms with Gasteiger partial charge in [-0.1, -0.05) is 12.1 Å². The van der Waals surface area contributed by atoms with Crippen molar-refractivity contribution in [3.05, 3.63) is 30.1 Å². The van der Waals surface area contributed by atoms with Gasteiger partial charge >= 0.3 is 0 Å². The van der Waals surface area contributed by atoms with Crippen molar-refractivity contribution in [2.75, 3.05) is 12.4 Å². The number of rotatable bonds is 4. The largest absolute Gasteiger partial charge is 0.377 e. The topological polar surface area (TPSA) is 74.1 Å². The summed E-state index contributed by atoms with van der Waals surface area (Å²) in [4.78, 5) is 0. The third-order valence-corrected chi connectivity index (χ3v) is 5.63. The minimum absolute atomic E-state index is 0.129. The van der Waals surface area contributed by atoms with Gasteiger partial charge in [-0.05, 0) is 31.4 Å². The maximum Gasteiger partial charge on any atom is 0.249 e. The van der Waals surface area contributed by atoms with Crippen molar-refractivity contribution >= 4 is 9.84 Å². The Balaban J connectivity index is 1.90. The molecule has 1 aliphatic heterocycles. The average Bonchev–Trinajstić information content (AvgIpc) is 2.91. The molecule has 1 aromatic carbocycles. The summed E-state index contributed by atoms with van der Waals surface area (Å²) >= 11 is 0. The Labute approximate surface area is 134 Å². The molecule has 1 atom stereocenters. The first-order valence-electron chi connectivity index (χ1n) is 7.47. The molecule has 23 heavy (non-hydrogen) atoms. The molecule has 0 N–H and O–H groups in total. The summed E-state index contributed by atoms with van der Waals surface area (Å²) in [5.74, 6) is -0.412. The highest BCUT2D eigenvalue weighted by molar-refractivity contribution is 7.91. The third kappa shape index (κ3) is 3.28. The Hall–Kier alpha value is -1.80. The van der Waals surface area contributed by atoms with E-state index in [2.05, 4.69) is 10.2 Å². The molecule has 0 aliphatic carbocycles. The van der Waals surface area contributed by atoms with Crippen molar-refractivity contribution in [2.45, 2.75) is 30.5 Å². The van der Waals surface area contributed by atoms with Gasteiger partial charge in [0.25, 0.3) is 0 Å². The molecular weight excluding hydrogens is 321 g/mol. The quantitative estimate of drug-likeness (QED) is 0.851. The molecule has 0 amide bonds. The fourth-order valence-corrected chi connectivity index (χ4v) is 4.29. The first-order chi connectivity index (χ1) is 11.0. The van der Waals surface area contributed by atoms with Crippen LogP contribution in [-0.2, 0) is 21.6 Å². The van der Waals surface area contributed by atoms with E-state index in [4.69, 9.17) is 4.74 Å². The van der Waals surface area contributed by atoms with Crippen LogP contribution < -0.4 is 0 Å². The number of aromatic nitrogens is 3. The van der Waals surface area contributed by atoms with Crippen molar-refractivity contribution in [3.8, 4) is 11.4 Å². The SMILES string of the molecule is Cn1c(-c2ccccc2F)nnc1S(=O)(=O)CC1CCCCO1. The summed E-state index contributed by atoms with van der Waals surface area (Å²) < 4.78 is 45.8. The fourth-order valence-electron chi connectivity index (χ4n) is 2.72. The highest BCUT2D eigenvalue weighted by atomic mass is 32.2. The van der Waals surface area contributed by atoms with Gasteiger partial charge in [-0.2, -0.15) is 0 Å². The minimum Gasteiger partial charge on any atom is -0.377 e. The summed E-state index contributed by atoms with van der Waals surface area (Å²) in [6.45, 7) is 0.583. The number of nitrogens with zero attached hydrogens (tertiary/aromatic N) is 3. The van der Waals surface area contributed by atoms with Gasteiger partial charge in [0.2, 0.25) is 15.0 Å². The Morgan fingerprint density at radius 2 is 2.09 bits per heavy atom. The molecule has 124 valence electrons. The third-order valence-electron chi connectivity index (χ3n) is 3.91. The zero-order chi connectivity index (χ0) is 16.4. The van der Waals surface area contributed by atoms with Crippen molar-refractivity contribution in [1.29, 1.82) is 0 Å². The lowest BCUT2D eigenvalue weighted by Gasteiger charge is -2.21. The van der Waals surface area contributed by atoms with Gasteiger partial charge in [0.1, 0.15) is 5.82 Å². The molecule has 6 nitrogen and oxygen atoms in total. The van der Waals surface area contributed by atoms with Gasteiger partial charge < -0.3 is 9.30 Å². The van der Waals surface area contributed by atoms with Crippen LogP contribution in [0, 0.1) is 5.82 Å². The number of hydrogen-bond donors (Lipinski definition) is 0. The van der Waals surface area contributed by atoms with E-state index in [0.717, 1.165) is 19.3 Å². The zero-order valence-electron chi connectivity index (χ0n) is 12.8. The Morgan fingerprint density at radius 3 is 2.78 bits per heavy atom. The Bertz CT molecular complexity index is 798. The second-order valence-corrected chi connectivity index (χ2v) is 7.54. The van der Waals surface area contributed by atoms with E-state index in [-0.39, 0.29) is 28.4 Å². The number of benzene rings is 1. The van der Waals surface area contributed by atoms with Crippen LogP contribution in [0.3, 0.4) is 0 Å². The van der Waals surface area contributed by atoms with E-state index in [1.807, 2.05) is 0 Å². The maximum absolute atomic E-state index is 13.9. The summed E-state index contributed by atoms with van der Waals surface area (Å²) in [6, 6.07) is 6.07. The molecule has 1 unspecified atom stereocenters. The highest BCUT2D eigenvalue weighted by Gasteiger charge is 2.29. The van der Waals surface area contributed by atoms with Gasteiger partial charge in [-0.3, -0.25) is 0 Å². The minimum atomic E-state index is -3.65. The van der Waals surface area contributed by atoms with E-state index in [9.17, 15) is 12.8 Å². The highest BCUT2D eigenvalue weighted by Crippen LogP contribution is 2.24. The molecule has 2 heterocycles. The lowest BCUT2D eigenvalue weighted by molar-refractivity contribution is 0.0304. The van der Waals surface area contributed by atoms with Crippen LogP contribution in [0.15, 0.2) is 29.4 Å². The molecule has 1 aromatic heterocycles. The van der Waals surface area contributed by atoms with Crippen LogP contribution in [0.2, 0.25) is 0 Å². The van der Waals surface area contributed by atoms with Crippen LogP contribution in [0.1, 0.15) is 19.3 Å².